The van der Waals surface area contributed by atoms with Gasteiger partial charge in [0.2, 0.25) is 0 Å². The van der Waals surface area contributed by atoms with Gasteiger partial charge in [0.1, 0.15) is 5.78 Å². The summed E-state index contributed by atoms with van der Waals surface area (Å²) in [5.74, 6) is 0.168. The molecule has 0 aliphatic heterocycles. The second-order valence-electron chi connectivity index (χ2n) is 3.35. The molecule has 0 N–H and O–H groups in total. The minimum absolute atomic E-state index is 0.0125. The van der Waals surface area contributed by atoms with Gasteiger partial charge in [-0.15, -0.1) is 11.6 Å². The average molecular weight is 218 g/mol. The molecule has 3 heteroatoms. The van der Waals surface area contributed by atoms with Crippen molar-refractivity contribution >= 4 is 23.2 Å². The summed E-state index contributed by atoms with van der Waals surface area (Å²) >= 11 is 5.80. The molecule has 0 bridgehead atoms. The molecule has 0 amide bonds. The molecule has 2 nitrogen and oxygen atoms in total. The molecule has 0 aromatic heterocycles. The minimum atomic E-state index is -0.587. The van der Waals surface area contributed by atoms with E-state index in [0.29, 0.717) is 19.3 Å². The second-order valence-corrected chi connectivity index (χ2v) is 3.82. The molecule has 0 saturated carbocycles. The smallest absolute Gasteiger partial charge is 0.150 e. The number of rotatable bonds is 8. The summed E-state index contributed by atoms with van der Waals surface area (Å²) in [6, 6.07) is 0. The van der Waals surface area contributed by atoms with Crippen molar-refractivity contribution in [2.45, 2.75) is 51.3 Å². The van der Waals surface area contributed by atoms with Crippen molar-refractivity contribution in [3.63, 3.8) is 0 Å². The summed E-state index contributed by atoms with van der Waals surface area (Å²) < 4.78 is 0. The molecular weight excluding hydrogens is 200 g/mol. The number of hydrogen-bond acceptors (Lipinski definition) is 2. The standard InChI is InChI=1S/C11H18ClO2/c1-3-5-9(13)7-8-10(12)11(14)6-4-2/h8,10H,3-7H2,1-2H3. The number of Topliss-reactive ketones (excluding diaryl/α,β-unsaturated/α-hetero) is 2. The normalized spacial score (nSPS) is 12.5. The maximum Gasteiger partial charge on any atom is 0.150 e. The van der Waals surface area contributed by atoms with Gasteiger partial charge in [0.25, 0.3) is 0 Å². The first-order chi connectivity index (χ1) is 6.61. The number of alkyl halides is 1. The van der Waals surface area contributed by atoms with Crippen molar-refractivity contribution in [3.8, 4) is 0 Å². The van der Waals surface area contributed by atoms with Crippen LogP contribution in [0.25, 0.3) is 0 Å². The van der Waals surface area contributed by atoms with E-state index < -0.39 is 5.38 Å². The molecular formula is C11H18ClO2. The van der Waals surface area contributed by atoms with E-state index >= 15 is 0 Å². The molecule has 0 heterocycles. The molecule has 81 valence electrons. The maximum absolute atomic E-state index is 11.2. The van der Waals surface area contributed by atoms with Crippen molar-refractivity contribution in [3.05, 3.63) is 6.42 Å². The predicted molar refractivity (Wildman–Crippen MR) is 58.4 cm³/mol. The highest BCUT2D eigenvalue weighted by Crippen LogP contribution is 2.10. The Bertz CT molecular complexity index is 190. The first-order valence-electron chi connectivity index (χ1n) is 5.13. The van der Waals surface area contributed by atoms with E-state index in [4.69, 9.17) is 11.6 Å². The highest BCUT2D eigenvalue weighted by atomic mass is 35.5. The molecule has 14 heavy (non-hydrogen) atoms. The van der Waals surface area contributed by atoms with Gasteiger partial charge in [-0.2, -0.15) is 0 Å². The molecule has 1 unspecified atom stereocenters. The van der Waals surface area contributed by atoms with Gasteiger partial charge in [-0.05, 0) is 19.3 Å². The Kier molecular flexibility index (Phi) is 7.77. The third-order valence-corrected chi connectivity index (χ3v) is 2.31. The zero-order chi connectivity index (χ0) is 11.0. The Morgan fingerprint density at radius 2 is 1.79 bits per heavy atom. The van der Waals surface area contributed by atoms with Gasteiger partial charge >= 0.3 is 0 Å². The molecule has 0 aliphatic carbocycles. The number of ketones is 2. The lowest BCUT2D eigenvalue weighted by atomic mass is 10.1. The van der Waals surface area contributed by atoms with Gasteiger partial charge in [-0.25, -0.2) is 0 Å². The van der Waals surface area contributed by atoms with Crippen molar-refractivity contribution in [2.24, 2.45) is 0 Å². The first-order valence-corrected chi connectivity index (χ1v) is 5.57. The monoisotopic (exact) mass is 217 g/mol. The van der Waals surface area contributed by atoms with Crippen molar-refractivity contribution in [1.82, 2.24) is 0 Å². The fourth-order valence-corrected chi connectivity index (χ4v) is 1.33. The van der Waals surface area contributed by atoms with Gasteiger partial charge in [0.15, 0.2) is 5.78 Å². The Balaban J connectivity index is 3.67. The van der Waals surface area contributed by atoms with Crippen molar-refractivity contribution in [1.29, 1.82) is 0 Å². The van der Waals surface area contributed by atoms with E-state index in [1.807, 2.05) is 13.8 Å². The minimum Gasteiger partial charge on any atom is -0.300 e. The summed E-state index contributed by atoms with van der Waals surface area (Å²) in [6.07, 6.45) is 4.64. The summed E-state index contributed by atoms with van der Waals surface area (Å²) in [7, 11) is 0. The van der Waals surface area contributed by atoms with E-state index in [1.165, 1.54) is 0 Å². The summed E-state index contributed by atoms with van der Waals surface area (Å²) in [4.78, 5) is 22.4. The quantitative estimate of drug-likeness (QED) is 0.586. The van der Waals surface area contributed by atoms with E-state index in [9.17, 15) is 9.59 Å². The zero-order valence-corrected chi connectivity index (χ0v) is 9.64. The number of hydrogen-bond donors (Lipinski definition) is 0. The molecule has 0 rings (SSSR count). The SMILES string of the molecule is CCCC(=O)C[CH]C(Cl)C(=O)CCC. The fraction of sp³-hybridized carbons (Fsp3) is 0.727. The van der Waals surface area contributed by atoms with Crippen LogP contribution in [0.2, 0.25) is 0 Å². The lowest BCUT2D eigenvalue weighted by Crippen LogP contribution is -2.16. The summed E-state index contributed by atoms with van der Waals surface area (Å²) in [5.41, 5.74) is 0. The van der Waals surface area contributed by atoms with Crippen LogP contribution in [0.3, 0.4) is 0 Å². The summed E-state index contributed by atoms with van der Waals surface area (Å²) in [5, 5.41) is -0.587. The third-order valence-electron chi connectivity index (χ3n) is 1.89. The Morgan fingerprint density at radius 1 is 1.21 bits per heavy atom. The van der Waals surface area contributed by atoms with Crippen molar-refractivity contribution in [2.75, 3.05) is 0 Å². The average Bonchev–Trinajstić information content (AvgIpc) is 2.15. The van der Waals surface area contributed by atoms with Gasteiger partial charge in [0.05, 0.1) is 5.38 Å². The number of carbonyl (C=O) groups excluding carboxylic acids is 2. The third kappa shape index (κ3) is 6.14. The molecule has 0 fully saturated rings. The largest absolute Gasteiger partial charge is 0.300 e. The van der Waals surface area contributed by atoms with Crippen LogP contribution in [-0.4, -0.2) is 16.9 Å². The fourth-order valence-electron chi connectivity index (χ4n) is 1.13. The van der Waals surface area contributed by atoms with Crippen LogP contribution in [0.15, 0.2) is 0 Å². The van der Waals surface area contributed by atoms with Crippen LogP contribution in [0, 0.1) is 6.42 Å². The molecule has 1 atom stereocenters. The Hall–Kier alpha value is -0.370. The summed E-state index contributed by atoms with van der Waals surface area (Å²) in [6.45, 7) is 3.89. The van der Waals surface area contributed by atoms with Gasteiger partial charge in [0, 0.05) is 19.3 Å². The topological polar surface area (TPSA) is 34.1 Å². The van der Waals surface area contributed by atoms with Gasteiger partial charge < -0.3 is 0 Å². The molecule has 0 saturated heterocycles. The second kappa shape index (κ2) is 7.98. The highest BCUT2D eigenvalue weighted by Gasteiger charge is 2.15. The van der Waals surface area contributed by atoms with E-state index in [1.54, 1.807) is 6.42 Å². The molecule has 0 aromatic carbocycles. The van der Waals surface area contributed by atoms with Crippen LogP contribution in [-0.2, 0) is 9.59 Å². The molecule has 1 radical (unpaired) electrons. The molecule has 0 aliphatic rings. The van der Waals surface area contributed by atoms with E-state index in [2.05, 4.69) is 0 Å². The van der Waals surface area contributed by atoms with Crippen LogP contribution in [0.5, 0.6) is 0 Å². The van der Waals surface area contributed by atoms with Gasteiger partial charge in [-0.1, -0.05) is 13.8 Å². The van der Waals surface area contributed by atoms with Crippen LogP contribution < -0.4 is 0 Å². The lowest BCUT2D eigenvalue weighted by Gasteiger charge is -2.06. The predicted octanol–water partition coefficient (Wildman–Crippen LogP) is 2.93. The van der Waals surface area contributed by atoms with Crippen LogP contribution >= 0.6 is 11.6 Å². The number of halogens is 1. The highest BCUT2D eigenvalue weighted by molar-refractivity contribution is 6.32. The van der Waals surface area contributed by atoms with Crippen molar-refractivity contribution < 1.29 is 9.59 Å². The Labute approximate surface area is 91.0 Å². The van der Waals surface area contributed by atoms with Crippen LogP contribution in [0.1, 0.15) is 46.0 Å². The van der Waals surface area contributed by atoms with Gasteiger partial charge in [-0.3, -0.25) is 9.59 Å². The first kappa shape index (κ1) is 13.6. The van der Waals surface area contributed by atoms with E-state index in [-0.39, 0.29) is 11.6 Å². The Morgan fingerprint density at radius 3 is 2.29 bits per heavy atom. The van der Waals surface area contributed by atoms with E-state index in [0.717, 1.165) is 12.8 Å². The lowest BCUT2D eigenvalue weighted by molar-refractivity contribution is -0.119. The molecule has 0 spiro atoms. The maximum atomic E-state index is 11.2. The molecule has 0 aromatic rings. The zero-order valence-electron chi connectivity index (χ0n) is 8.88. The number of carbonyl (C=O) groups is 2. The van der Waals surface area contributed by atoms with Crippen LogP contribution in [0.4, 0.5) is 0 Å².